The van der Waals surface area contributed by atoms with E-state index < -0.39 is 0 Å². The van der Waals surface area contributed by atoms with Crippen molar-refractivity contribution in [3.8, 4) is 11.5 Å². The monoisotopic (exact) mass is 278 g/mol. The van der Waals surface area contributed by atoms with E-state index in [2.05, 4.69) is 16.7 Å². The standard InChI is InChI=1S/C16H26N2O2/c1-3-19-15-8-7-14(12-16(15)20-4-2)18-13-6-5-10-17-11-9-13/h7-8,12-13,17-18H,3-6,9-11H2,1-2H3. The summed E-state index contributed by atoms with van der Waals surface area (Å²) in [6.07, 6.45) is 3.61. The van der Waals surface area contributed by atoms with Crippen LogP contribution in [-0.4, -0.2) is 32.3 Å². The van der Waals surface area contributed by atoms with E-state index in [9.17, 15) is 0 Å². The van der Waals surface area contributed by atoms with Gasteiger partial charge in [-0.2, -0.15) is 0 Å². The lowest BCUT2D eigenvalue weighted by molar-refractivity contribution is 0.288. The van der Waals surface area contributed by atoms with Gasteiger partial charge in [0, 0.05) is 17.8 Å². The maximum Gasteiger partial charge on any atom is 0.163 e. The van der Waals surface area contributed by atoms with Gasteiger partial charge >= 0.3 is 0 Å². The van der Waals surface area contributed by atoms with Gasteiger partial charge in [-0.1, -0.05) is 0 Å². The van der Waals surface area contributed by atoms with Crippen molar-refractivity contribution in [2.24, 2.45) is 0 Å². The van der Waals surface area contributed by atoms with E-state index in [0.29, 0.717) is 19.3 Å². The third-order valence-electron chi connectivity index (χ3n) is 3.49. The van der Waals surface area contributed by atoms with Crippen molar-refractivity contribution in [1.82, 2.24) is 5.32 Å². The normalized spacial score (nSPS) is 19.2. The predicted molar refractivity (Wildman–Crippen MR) is 82.9 cm³/mol. The zero-order chi connectivity index (χ0) is 14.2. The van der Waals surface area contributed by atoms with Crippen molar-refractivity contribution in [1.29, 1.82) is 0 Å². The summed E-state index contributed by atoms with van der Waals surface area (Å²) < 4.78 is 11.3. The topological polar surface area (TPSA) is 42.5 Å². The molecule has 0 amide bonds. The lowest BCUT2D eigenvalue weighted by Crippen LogP contribution is -2.21. The van der Waals surface area contributed by atoms with Crippen molar-refractivity contribution >= 4 is 5.69 Å². The van der Waals surface area contributed by atoms with Gasteiger partial charge in [-0.3, -0.25) is 0 Å². The van der Waals surface area contributed by atoms with Gasteiger partial charge in [0.2, 0.25) is 0 Å². The Bertz CT molecular complexity index is 401. The van der Waals surface area contributed by atoms with Gasteiger partial charge in [0.15, 0.2) is 11.5 Å². The van der Waals surface area contributed by atoms with Crippen LogP contribution in [0, 0.1) is 0 Å². The summed E-state index contributed by atoms with van der Waals surface area (Å²) in [6.45, 7) is 7.50. The minimum Gasteiger partial charge on any atom is -0.490 e. The van der Waals surface area contributed by atoms with Crippen LogP contribution in [0.2, 0.25) is 0 Å². The van der Waals surface area contributed by atoms with E-state index in [4.69, 9.17) is 9.47 Å². The highest BCUT2D eigenvalue weighted by Crippen LogP contribution is 2.31. The molecule has 1 aromatic rings. The van der Waals surface area contributed by atoms with Gasteiger partial charge in [-0.05, 0) is 58.3 Å². The quantitative estimate of drug-likeness (QED) is 0.839. The predicted octanol–water partition coefficient (Wildman–Crippen LogP) is 3.04. The van der Waals surface area contributed by atoms with E-state index in [0.717, 1.165) is 36.7 Å². The molecule has 2 N–H and O–H groups in total. The third kappa shape index (κ3) is 4.30. The van der Waals surface area contributed by atoms with Crippen LogP contribution in [0.3, 0.4) is 0 Å². The Balaban J connectivity index is 2.05. The van der Waals surface area contributed by atoms with Gasteiger partial charge in [0.25, 0.3) is 0 Å². The highest BCUT2D eigenvalue weighted by Gasteiger charge is 2.13. The van der Waals surface area contributed by atoms with Crippen LogP contribution in [0.1, 0.15) is 33.1 Å². The lowest BCUT2D eigenvalue weighted by Gasteiger charge is -2.19. The van der Waals surface area contributed by atoms with Crippen molar-refractivity contribution in [3.05, 3.63) is 18.2 Å². The van der Waals surface area contributed by atoms with Gasteiger partial charge < -0.3 is 20.1 Å². The molecule has 0 radical (unpaired) electrons. The largest absolute Gasteiger partial charge is 0.490 e. The fourth-order valence-corrected chi connectivity index (χ4v) is 2.54. The molecule has 1 aliphatic rings. The van der Waals surface area contributed by atoms with Gasteiger partial charge in [0.1, 0.15) is 0 Å². The Kier molecular flexibility index (Phi) is 5.99. The van der Waals surface area contributed by atoms with Crippen molar-refractivity contribution in [2.75, 3.05) is 31.6 Å². The molecule has 0 spiro atoms. The van der Waals surface area contributed by atoms with E-state index in [1.54, 1.807) is 0 Å². The third-order valence-corrected chi connectivity index (χ3v) is 3.49. The van der Waals surface area contributed by atoms with Gasteiger partial charge in [0.05, 0.1) is 13.2 Å². The second-order valence-electron chi connectivity index (χ2n) is 5.05. The summed E-state index contributed by atoms with van der Waals surface area (Å²) in [6, 6.07) is 6.65. The molecule has 4 heteroatoms. The maximum atomic E-state index is 5.67. The molecular formula is C16H26N2O2. The molecule has 4 nitrogen and oxygen atoms in total. The molecule has 1 aliphatic heterocycles. The summed E-state index contributed by atoms with van der Waals surface area (Å²) in [7, 11) is 0. The number of hydrogen-bond donors (Lipinski definition) is 2. The van der Waals surface area contributed by atoms with Gasteiger partial charge in [-0.15, -0.1) is 0 Å². The minimum atomic E-state index is 0.539. The number of anilines is 1. The molecule has 112 valence electrons. The molecule has 0 aliphatic carbocycles. The average molecular weight is 278 g/mol. The van der Waals surface area contributed by atoms with E-state index in [1.807, 2.05) is 26.0 Å². The van der Waals surface area contributed by atoms with Crippen molar-refractivity contribution in [2.45, 2.75) is 39.2 Å². The summed E-state index contributed by atoms with van der Waals surface area (Å²) in [5, 5.41) is 7.05. The summed E-state index contributed by atoms with van der Waals surface area (Å²) in [5.74, 6) is 1.65. The Hall–Kier alpha value is -1.42. The SMILES string of the molecule is CCOc1ccc(NC2CCCNCC2)cc1OCC. The summed E-state index contributed by atoms with van der Waals surface area (Å²) in [5.41, 5.74) is 1.11. The molecule has 1 aromatic carbocycles. The molecule has 0 bridgehead atoms. The second-order valence-corrected chi connectivity index (χ2v) is 5.05. The number of rotatable bonds is 6. The smallest absolute Gasteiger partial charge is 0.163 e. The minimum absolute atomic E-state index is 0.539. The average Bonchev–Trinajstić information content (AvgIpc) is 2.71. The second kappa shape index (κ2) is 8.00. The fourth-order valence-electron chi connectivity index (χ4n) is 2.54. The first kappa shape index (κ1) is 15.0. The first-order valence-corrected chi connectivity index (χ1v) is 7.70. The number of hydrogen-bond acceptors (Lipinski definition) is 4. The molecule has 0 saturated carbocycles. The molecule has 0 aromatic heterocycles. The molecule has 1 saturated heterocycles. The Morgan fingerprint density at radius 1 is 1.10 bits per heavy atom. The summed E-state index contributed by atoms with van der Waals surface area (Å²) in [4.78, 5) is 0. The zero-order valence-corrected chi connectivity index (χ0v) is 12.6. The first-order valence-electron chi connectivity index (χ1n) is 7.70. The molecule has 2 rings (SSSR count). The number of benzene rings is 1. The van der Waals surface area contributed by atoms with E-state index in [1.165, 1.54) is 12.8 Å². The van der Waals surface area contributed by atoms with E-state index in [-0.39, 0.29) is 0 Å². The van der Waals surface area contributed by atoms with Crippen LogP contribution >= 0.6 is 0 Å². The Morgan fingerprint density at radius 2 is 1.90 bits per heavy atom. The highest BCUT2D eigenvalue weighted by molar-refractivity contribution is 5.55. The number of nitrogens with one attached hydrogen (secondary N) is 2. The fraction of sp³-hybridized carbons (Fsp3) is 0.625. The van der Waals surface area contributed by atoms with Crippen LogP contribution in [-0.2, 0) is 0 Å². The molecular weight excluding hydrogens is 252 g/mol. The molecule has 20 heavy (non-hydrogen) atoms. The molecule has 1 heterocycles. The maximum absolute atomic E-state index is 5.67. The van der Waals surface area contributed by atoms with Crippen LogP contribution in [0.15, 0.2) is 18.2 Å². The van der Waals surface area contributed by atoms with Gasteiger partial charge in [-0.25, -0.2) is 0 Å². The van der Waals surface area contributed by atoms with Crippen molar-refractivity contribution in [3.63, 3.8) is 0 Å². The Morgan fingerprint density at radius 3 is 2.70 bits per heavy atom. The molecule has 1 unspecified atom stereocenters. The van der Waals surface area contributed by atoms with E-state index >= 15 is 0 Å². The van der Waals surface area contributed by atoms with Crippen LogP contribution in [0.5, 0.6) is 11.5 Å². The van der Waals surface area contributed by atoms with Crippen LogP contribution < -0.4 is 20.1 Å². The lowest BCUT2D eigenvalue weighted by atomic mass is 10.1. The Labute approximate surface area is 121 Å². The van der Waals surface area contributed by atoms with Crippen LogP contribution in [0.4, 0.5) is 5.69 Å². The van der Waals surface area contributed by atoms with Crippen LogP contribution in [0.25, 0.3) is 0 Å². The zero-order valence-electron chi connectivity index (χ0n) is 12.6. The van der Waals surface area contributed by atoms with Crippen molar-refractivity contribution < 1.29 is 9.47 Å². The molecule has 1 fully saturated rings. The first-order chi connectivity index (χ1) is 9.83. The summed E-state index contributed by atoms with van der Waals surface area (Å²) >= 11 is 0. The number of ether oxygens (including phenoxy) is 2. The highest BCUT2D eigenvalue weighted by atomic mass is 16.5. The molecule has 1 atom stereocenters.